The maximum Gasteiger partial charge on any atom is 0.271 e. The van der Waals surface area contributed by atoms with Crippen LogP contribution in [0, 0.1) is 15.5 Å². The van der Waals surface area contributed by atoms with Crippen LogP contribution < -0.4 is 10.2 Å². The normalized spacial score (nSPS) is 22.5. The first-order valence-corrected chi connectivity index (χ1v) is 8.90. The van der Waals surface area contributed by atoms with Gasteiger partial charge in [0.1, 0.15) is 0 Å². The van der Waals surface area contributed by atoms with Gasteiger partial charge in [-0.25, -0.2) is 0 Å². The molecule has 1 N–H and O–H groups in total. The van der Waals surface area contributed by atoms with Gasteiger partial charge in [-0.1, -0.05) is 19.9 Å². The number of nitrogens with zero attached hydrogens (tertiary/aromatic N) is 3. The Balaban J connectivity index is 0.00000243. The molecule has 1 atom stereocenters. The molecule has 2 heterocycles. The summed E-state index contributed by atoms with van der Waals surface area (Å²) in [6.07, 6.45) is 2.17. The van der Waals surface area contributed by atoms with Crippen LogP contribution in [0.5, 0.6) is 0 Å². The molecule has 2 fully saturated rings. The number of amides is 1. The van der Waals surface area contributed by atoms with E-state index in [-0.39, 0.29) is 40.4 Å². The van der Waals surface area contributed by atoms with Gasteiger partial charge in [0.25, 0.3) is 5.69 Å². The van der Waals surface area contributed by atoms with E-state index in [0.29, 0.717) is 26.2 Å². The zero-order chi connectivity index (χ0) is 18.0. The van der Waals surface area contributed by atoms with Crippen LogP contribution in [0.25, 0.3) is 0 Å². The van der Waals surface area contributed by atoms with Gasteiger partial charge in [-0.3, -0.25) is 14.9 Å². The maximum atomic E-state index is 12.9. The molecule has 144 valence electrons. The number of halogens is 1. The number of carbonyl (C=O) groups is 1. The van der Waals surface area contributed by atoms with Crippen LogP contribution in [0.15, 0.2) is 24.3 Å². The fourth-order valence-corrected chi connectivity index (χ4v) is 3.80. The SMILES string of the molecule is CC1(C)CCCNC1C(=O)N1CCN(c2cccc([N+](=O)[O-])c2)CC1.Cl. The predicted octanol–water partition coefficient (Wildman–Crippen LogP) is 2.44. The van der Waals surface area contributed by atoms with E-state index in [1.165, 1.54) is 6.07 Å². The molecular weight excluding hydrogens is 356 g/mol. The summed E-state index contributed by atoms with van der Waals surface area (Å²) in [5.74, 6) is 0.184. The lowest BCUT2D eigenvalue weighted by molar-refractivity contribution is -0.384. The first kappa shape index (κ1) is 20.5. The third-order valence-corrected chi connectivity index (χ3v) is 5.37. The Morgan fingerprint density at radius 2 is 1.96 bits per heavy atom. The summed E-state index contributed by atoms with van der Waals surface area (Å²) in [6, 6.07) is 6.57. The number of anilines is 1. The Hall–Kier alpha value is -1.86. The molecule has 26 heavy (non-hydrogen) atoms. The quantitative estimate of drug-likeness (QED) is 0.641. The summed E-state index contributed by atoms with van der Waals surface area (Å²) in [5.41, 5.74) is 0.925. The van der Waals surface area contributed by atoms with Crippen molar-refractivity contribution in [3.05, 3.63) is 34.4 Å². The number of benzene rings is 1. The van der Waals surface area contributed by atoms with E-state index in [9.17, 15) is 14.9 Å². The summed E-state index contributed by atoms with van der Waals surface area (Å²) in [7, 11) is 0. The van der Waals surface area contributed by atoms with Gasteiger partial charge in [-0.05, 0) is 30.9 Å². The summed E-state index contributed by atoms with van der Waals surface area (Å²) in [5, 5.41) is 14.3. The van der Waals surface area contributed by atoms with Crippen LogP contribution >= 0.6 is 12.4 Å². The number of nitrogens with one attached hydrogen (secondary N) is 1. The standard InChI is InChI=1S/C18H26N4O3.ClH/c1-18(2)7-4-8-19-16(18)17(23)21-11-9-20(10-12-21)14-5-3-6-15(13-14)22(24)25;/h3,5-6,13,16,19H,4,7-12H2,1-2H3;1H. The van der Waals surface area contributed by atoms with Gasteiger partial charge in [-0.15, -0.1) is 12.4 Å². The Kier molecular flexibility index (Phi) is 6.47. The number of hydrogen-bond donors (Lipinski definition) is 1. The minimum Gasteiger partial charge on any atom is -0.368 e. The van der Waals surface area contributed by atoms with Crippen LogP contribution in [-0.2, 0) is 4.79 Å². The fraction of sp³-hybridized carbons (Fsp3) is 0.611. The van der Waals surface area contributed by atoms with Crippen molar-refractivity contribution in [3.8, 4) is 0 Å². The van der Waals surface area contributed by atoms with Crippen LogP contribution in [0.1, 0.15) is 26.7 Å². The predicted molar refractivity (Wildman–Crippen MR) is 104 cm³/mol. The smallest absolute Gasteiger partial charge is 0.271 e. The van der Waals surface area contributed by atoms with Gasteiger partial charge >= 0.3 is 0 Å². The molecule has 2 aliphatic heterocycles. The number of hydrogen-bond acceptors (Lipinski definition) is 5. The number of carbonyl (C=O) groups excluding carboxylic acids is 1. The molecule has 8 heteroatoms. The summed E-state index contributed by atoms with van der Waals surface area (Å²) in [6.45, 7) is 7.89. The van der Waals surface area contributed by atoms with E-state index >= 15 is 0 Å². The van der Waals surface area contributed by atoms with Crippen LogP contribution in [0.3, 0.4) is 0 Å². The van der Waals surface area contributed by atoms with Crippen molar-refractivity contribution in [2.24, 2.45) is 5.41 Å². The summed E-state index contributed by atoms with van der Waals surface area (Å²) >= 11 is 0. The van der Waals surface area contributed by atoms with Crippen molar-refractivity contribution in [2.45, 2.75) is 32.7 Å². The van der Waals surface area contributed by atoms with E-state index < -0.39 is 0 Å². The van der Waals surface area contributed by atoms with Crippen LogP contribution in [-0.4, -0.2) is 54.5 Å². The molecule has 7 nitrogen and oxygen atoms in total. The highest BCUT2D eigenvalue weighted by atomic mass is 35.5. The first-order chi connectivity index (χ1) is 11.9. The number of piperazine rings is 1. The lowest BCUT2D eigenvalue weighted by Crippen LogP contribution is -2.59. The van der Waals surface area contributed by atoms with Gasteiger partial charge in [0.15, 0.2) is 0 Å². The zero-order valence-electron chi connectivity index (χ0n) is 15.3. The number of piperidine rings is 1. The monoisotopic (exact) mass is 382 g/mol. The highest BCUT2D eigenvalue weighted by molar-refractivity contribution is 5.85. The first-order valence-electron chi connectivity index (χ1n) is 8.90. The molecule has 0 spiro atoms. The molecular formula is C18H27ClN4O3. The Labute approximate surface area is 160 Å². The molecule has 0 radical (unpaired) electrons. The Bertz CT molecular complexity index is 660. The van der Waals surface area contributed by atoms with Crippen molar-refractivity contribution in [2.75, 3.05) is 37.6 Å². The Morgan fingerprint density at radius 1 is 1.27 bits per heavy atom. The Morgan fingerprint density at radius 3 is 2.58 bits per heavy atom. The topological polar surface area (TPSA) is 78.7 Å². The highest BCUT2D eigenvalue weighted by Gasteiger charge is 2.39. The van der Waals surface area contributed by atoms with Crippen molar-refractivity contribution >= 4 is 29.7 Å². The lowest BCUT2D eigenvalue weighted by Gasteiger charge is -2.43. The van der Waals surface area contributed by atoms with E-state index in [4.69, 9.17) is 0 Å². The molecule has 2 aliphatic rings. The van der Waals surface area contributed by atoms with E-state index in [0.717, 1.165) is 25.1 Å². The van der Waals surface area contributed by atoms with Crippen molar-refractivity contribution < 1.29 is 9.72 Å². The average Bonchev–Trinajstić information content (AvgIpc) is 2.61. The van der Waals surface area contributed by atoms with E-state index in [1.807, 2.05) is 11.0 Å². The fourth-order valence-electron chi connectivity index (χ4n) is 3.80. The molecule has 1 aromatic carbocycles. The number of rotatable bonds is 3. The molecule has 0 aromatic heterocycles. The third-order valence-electron chi connectivity index (χ3n) is 5.37. The maximum absolute atomic E-state index is 12.9. The second-order valence-electron chi connectivity index (χ2n) is 7.57. The average molecular weight is 383 g/mol. The summed E-state index contributed by atoms with van der Waals surface area (Å²) in [4.78, 5) is 27.5. The summed E-state index contributed by atoms with van der Waals surface area (Å²) < 4.78 is 0. The van der Waals surface area contributed by atoms with E-state index in [2.05, 4.69) is 24.1 Å². The molecule has 1 unspecified atom stereocenters. The lowest BCUT2D eigenvalue weighted by atomic mass is 9.77. The van der Waals surface area contributed by atoms with Gasteiger partial charge < -0.3 is 15.1 Å². The highest BCUT2D eigenvalue weighted by Crippen LogP contribution is 2.31. The molecule has 2 saturated heterocycles. The molecule has 3 rings (SSSR count). The largest absolute Gasteiger partial charge is 0.368 e. The zero-order valence-corrected chi connectivity index (χ0v) is 16.1. The van der Waals surface area contributed by atoms with Gasteiger partial charge in [-0.2, -0.15) is 0 Å². The second-order valence-corrected chi connectivity index (χ2v) is 7.57. The number of nitro groups is 1. The van der Waals surface area contributed by atoms with Crippen LogP contribution in [0.2, 0.25) is 0 Å². The van der Waals surface area contributed by atoms with Crippen molar-refractivity contribution in [3.63, 3.8) is 0 Å². The van der Waals surface area contributed by atoms with Crippen molar-refractivity contribution in [1.82, 2.24) is 10.2 Å². The van der Waals surface area contributed by atoms with Gasteiger partial charge in [0, 0.05) is 44.0 Å². The third kappa shape index (κ3) is 4.27. The minimum absolute atomic E-state index is 0. The second kappa shape index (κ2) is 8.22. The van der Waals surface area contributed by atoms with Gasteiger partial charge in [0.05, 0.1) is 11.0 Å². The minimum atomic E-state index is -0.375. The molecule has 1 aromatic rings. The molecule has 0 aliphatic carbocycles. The van der Waals surface area contributed by atoms with Gasteiger partial charge in [0.2, 0.25) is 5.91 Å². The molecule has 0 bridgehead atoms. The number of non-ortho nitro benzene ring substituents is 1. The van der Waals surface area contributed by atoms with E-state index in [1.54, 1.807) is 12.1 Å². The molecule has 1 amide bonds. The molecule has 0 saturated carbocycles. The van der Waals surface area contributed by atoms with Crippen LogP contribution in [0.4, 0.5) is 11.4 Å². The number of nitro benzene ring substituents is 1. The van der Waals surface area contributed by atoms with Crippen molar-refractivity contribution in [1.29, 1.82) is 0 Å².